The summed E-state index contributed by atoms with van der Waals surface area (Å²) in [5.41, 5.74) is -0.720. The second-order valence-electron chi connectivity index (χ2n) is 4.65. The molecule has 0 aromatic carbocycles. The summed E-state index contributed by atoms with van der Waals surface area (Å²) in [4.78, 5) is 11.0. The molecule has 0 heterocycles. The van der Waals surface area contributed by atoms with Crippen LogP contribution in [0.2, 0.25) is 0 Å². The van der Waals surface area contributed by atoms with Crippen molar-refractivity contribution in [1.82, 2.24) is 5.32 Å². The van der Waals surface area contributed by atoms with E-state index in [-0.39, 0.29) is 18.4 Å². The first-order chi connectivity index (χ1) is 6.99. The van der Waals surface area contributed by atoms with E-state index >= 15 is 0 Å². The van der Waals surface area contributed by atoms with Gasteiger partial charge in [0.05, 0.1) is 0 Å². The monoisotopic (exact) mass is 215 g/mol. The van der Waals surface area contributed by atoms with Crippen molar-refractivity contribution in [1.29, 1.82) is 0 Å². The number of hydrogen-bond acceptors (Lipinski definition) is 1. The van der Waals surface area contributed by atoms with E-state index < -0.39 is 11.3 Å². The molecule has 0 radical (unpaired) electrons. The molecule has 4 heteroatoms. The fraction of sp³-hybridized carbons (Fsp3) is 0.727. The van der Waals surface area contributed by atoms with Crippen LogP contribution in [0.4, 0.5) is 8.78 Å². The van der Waals surface area contributed by atoms with Gasteiger partial charge < -0.3 is 5.32 Å². The number of amides is 1. The Bertz CT molecular complexity index is 293. The van der Waals surface area contributed by atoms with Crippen LogP contribution in [0.15, 0.2) is 12.7 Å². The average Bonchev–Trinajstić information content (AvgIpc) is 2.72. The Morgan fingerprint density at radius 1 is 1.40 bits per heavy atom. The first-order valence-corrected chi connectivity index (χ1v) is 5.30. The van der Waals surface area contributed by atoms with Crippen LogP contribution >= 0.6 is 0 Å². The molecule has 0 aromatic heterocycles. The first-order valence-electron chi connectivity index (χ1n) is 5.30. The van der Waals surface area contributed by atoms with Crippen molar-refractivity contribution in [2.75, 3.05) is 0 Å². The Balaban J connectivity index is 1.83. The van der Waals surface area contributed by atoms with Crippen LogP contribution in [0.3, 0.4) is 0 Å². The number of rotatable bonds is 2. The topological polar surface area (TPSA) is 29.1 Å². The maximum absolute atomic E-state index is 13.0. The van der Waals surface area contributed by atoms with E-state index in [1.165, 1.54) is 6.08 Å². The van der Waals surface area contributed by atoms with Gasteiger partial charge in [0.25, 0.3) is 5.92 Å². The third-order valence-electron chi connectivity index (χ3n) is 3.69. The van der Waals surface area contributed by atoms with Crippen LogP contribution in [-0.4, -0.2) is 17.9 Å². The number of carbonyl (C=O) groups excluding carboxylic acids is 1. The smallest absolute Gasteiger partial charge is 0.254 e. The Morgan fingerprint density at radius 3 is 2.33 bits per heavy atom. The maximum Gasteiger partial charge on any atom is 0.254 e. The Hall–Kier alpha value is -0.930. The van der Waals surface area contributed by atoms with Gasteiger partial charge >= 0.3 is 0 Å². The minimum Gasteiger partial charge on any atom is -0.350 e. The first kappa shape index (κ1) is 10.6. The van der Waals surface area contributed by atoms with Crippen LogP contribution in [0.5, 0.6) is 0 Å². The molecule has 0 saturated heterocycles. The van der Waals surface area contributed by atoms with E-state index in [9.17, 15) is 13.6 Å². The minimum absolute atomic E-state index is 0.0438. The molecule has 0 unspecified atom stereocenters. The molecule has 2 aliphatic carbocycles. The molecule has 0 aliphatic heterocycles. The predicted octanol–water partition coefficient (Wildman–Crippen LogP) is 2.26. The van der Waals surface area contributed by atoms with Crippen molar-refractivity contribution < 1.29 is 13.6 Å². The van der Waals surface area contributed by atoms with E-state index in [0.29, 0.717) is 25.7 Å². The van der Waals surface area contributed by atoms with Crippen LogP contribution in [0.1, 0.15) is 32.1 Å². The summed E-state index contributed by atoms with van der Waals surface area (Å²) in [5.74, 6) is -2.65. The molecule has 1 amide bonds. The van der Waals surface area contributed by atoms with Crippen molar-refractivity contribution in [3.63, 3.8) is 0 Å². The number of alkyl halides is 2. The molecule has 2 fully saturated rings. The van der Waals surface area contributed by atoms with Crippen molar-refractivity contribution in [3.8, 4) is 0 Å². The quantitative estimate of drug-likeness (QED) is 0.703. The third-order valence-corrected chi connectivity index (χ3v) is 3.69. The molecule has 1 N–H and O–H groups in total. The highest BCUT2D eigenvalue weighted by molar-refractivity contribution is 5.87. The lowest BCUT2D eigenvalue weighted by Gasteiger charge is -2.28. The fourth-order valence-electron chi connectivity index (χ4n) is 2.50. The van der Waals surface area contributed by atoms with Gasteiger partial charge in [-0.15, -0.1) is 0 Å². The predicted molar refractivity (Wildman–Crippen MR) is 52.6 cm³/mol. The summed E-state index contributed by atoms with van der Waals surface area (Å²) in [6, 6.07) is 0.0533. The highest BCUT2D eigenvalue weighted by atomic mass is 19.3. The van der Waals surface area contributed by atoms with Gasteiger partial charge in [-0.05, 0) is 31.8 Å². The zero-order valence-electron chi connectivity index (χ0n) is 8.56. The Morgan fingerprint density at radius 2 is 1.93 bits per heavy atom. The minimum atomic E-state index is -2.44. The molecule has 0 atom stereocenters. The highest BCUT2D eigenvalue weighted by Crippen LogP contribution is 2.67. The molecule has 2 aliphatic rings. The zero-order chi connectivity index (χ0) is 11.1. The van der Waals surface area contributed by atoms with E-state index in [4.69, 9.17) is 0 Å². The van der Waals surface area contributed by atoms with Gasteiger partial charge in [0, 0.05) is 17.9 Å². The summed E-state index contributed by atoms with van der Waals surface area (Å²) in [6.07, 6.45) is 3.65. The maximum atomic E-state index is 13.0. The Labute approximate surface area is 87.7 Å². The normalized spacial score (nSPS) is 37.3. The van der Waals surface area contributed by atoms with Gasteiger partial charge in [-0.1, -0.05) is 6.58 Å². The molecule has 84 valence electrons. The van der Waals surface area contributed by atoms with Crippen LogP contribution < -0.4 is 5.32 Å². The van der Waals surface area contributed by atoms with Gasteiger partial charge in [-0.2, -0.15) is 0 Å². The van der Waals surface area contributed by atoms with Crippen LogP contribution in [0, 0.1) is 5.41 Å². The lowest BCUT2D eigenvalue weighted by molar-refractivity contribution is -0.117. The van der Waals surface area contributed by atoms with Gasteiger partial charge in [-0.25, -0.2) is 8.78 Å². The zero-order valence-corrected chi connectivity index (χ0v) is 8.56. The van der Waals surface area contributed by atoms with E-state index in [1.807, 2.05) is 0 Å². The second-order valence-corrected chi connectivity index (χ2v) is 4.65. The molecule has 2 nitrogen and oxygen atoms in total. The number of carbonyl (C=O) groups is 1. The van der Waals surface area contributed by atoms with Crippen molar-refractivity contribution in [3.05, 3.63) is 12.7 Å². The fourth-order valence-corrected chi connectivity index (χ4v) is 2.50. The Kier molecular flexibility index (Phi) is 2.32. The van der Waals surface area contributed by atoms with Crippen LogP contribution in [0.25, 0.3) is 0 Å². The molecule has 1 spiro atoms. The molecular weight excluding hydrogens is 200 g/mol. The molecule has 0 aromatic rings. The van der Waals surface area contributed by atoms with Crippen molar-refractivity contribution >= 4 is 5.91 Å². The number of hydrogen-bond donors (Lipinski definition) is 1. The molecule has 2 rings (SSSR count). The summed E-state index contributed by atoms with van der Waals surface area (Å²) in [7, 11) is 0. The van der Waals surface area contributed by atoms with Crippen LogP contribution in [-0.2, 0) is 4.79 Å². The van der Waals surface area contributed by atoms with E-state index in [2.05, 4.69) is 11.9 Å². The summed E-state index contributed by atoms with van der Waals surface area (Å²) < 4.78 is 26.1. The van der Waals surface area contributed by atoms with Crippen molar-refractivity contribution in [2.24, 2.45) is 5.41 Å². The molecule has 2 saturated carbocycles. The summed E-state index contributed by atoms with van der Waals surface area (Å²) in [6.45, 7) is 3.36. The van der Waals surface area contributed by atoms with Gasteiger partial charge in [0.15, 0.2) is 0 Å². The SMILES string of the molecule is C=CC(=O)NC1CCC2(CC1)CC2(F)F. The average molecular weight is 215 g/mol. The standard InChI is InChI=1S/C11H15F2NO/c1-2-9(15)14-8-3-5-10(6-4-8)7-11(10,12)13/h2,8H,1,3-7H2,(H,14,15). The number of nitrogens with one attached hydrogen (secondary N) is 1. The summed E-state index contributed by atoms with van der Waals surface area (Å²) >= 11 is 0. The third kappa shape index (κ3) is 1.77. The largest absolute Gasteiger partial charge is 0.350 e. The van der Waals surface area contributed by atoms with Gasteiger partial charge in [-0.3, -0.25) is 4.79 Å². The molecule has 0 bridgehead atoms. The lowest BCUT2D eigenvalue weighted by atomic mass is 9.83. The molecule has 15 heavy (non-hydrogen) atoms. The van der Waals surface area contributed by atoms with E-state index in [0.717, 1.165) is 0 Å². The highest BCUT2D eigenvalue weighted by Gasteiger charge is 2.70. The lowest BCUT2D eigenvalue weighted by Crippen LogP contribution is -2.37. The second kappa shape index (κ2) is 3.29. The van der Waals surface area contributed by atoms with E-state index in [1.54, 1.807) is 0 Å². The van der Waals surface area contributed by atoms with Crippen molar-refractivity contribution in [2.45, 2.75) is 44.1 Å². The summed E-state index contributed by atoms with van der Waals surface area (Å²) in [5, 5.41) is 2.76. The van der Waals surface area contributed by atoms with Gasteiger partial charge in [0.2, 0.25) is 5.91 Å². The molecular formula is C11H15F2NO. The number of halogens is 2. The van der Waals surface area contributed by atoms with Gasteiger partial charge in [0.1, 0.15) is 0 Å².